The van der Waals surface area contributed by atoms with Gasteiger partial charge in [0.2, 0.25) is 0 Å². The molecule has 0 aliphatic rings. The highest BCUT2D eigenvalue weighted by molar-refractivity contribution is 4.84. The molecule has 1 heterocycles. The summed E-state index contributed by atoms with van der Waals surface area (Å²) in [6.07, 6.45) is 49.0. The molecule has 41 heavy (non-hydrogen) atoms. The van der Waals surface area contributed by atoms with Crippen molar-refractivity contribution in [2.45, 2.75) is 233 Å². The van der Waals surface area contributed by atoms with Gasteiger partial charge in [0.25, 0.3) is 5.82 Å². The maximum absolute atomic E-state index is 2.61. The van der Waals surface area contributed by atoms with Gasteiger partial charge in [0.1, 0.15) is 12.4 Å². The van der Waals surface area contributed by atoms with Crippen LogP contribution < -0.4 is 4.57 Å². The van der Waals surface area contributed by atoms with Gasteiger partial charge in [0.05, 0.1) is 13.1 Å². The fourth-order valence-corrected chi connectivity index (χ4v) is 6.48. The molecule has 0 saturated heterocycles. The van der Waals surface area contributed by atoms with Crippen molar-refractivity contribution < 1.29 is 4.57 Å². The van der Waals surface area contributed by atoms with Crippen LogP contribution in [0.2, 0.25) is 0 Å². The Morgan fingerprint density at radius 2 is 0.756 bits per heavy atom. The van der Waals surface area contributed by atoms with Crippen LogP contribution in [-0.4, -0.2) is 4.57 Å². The molecule has 0 amide bonds. The summed E-state index contributed by atoms with van der Waals surface area (Å²) in [4.78, 5) is 0. The van der Waals surface area contributed by atoms with Crippen LogP contribution in [0.3, 0.4) is 0 Å². The van der Waals surface area contributed by atoms with Crippen LogP contribution in [0.5, 0.6) is 0 Å². The average molecular weight is 574 g/mol. The molecule has 0 aliphatic carbocycles. The molecule has 0 saturated carbocycles. The van der Waals surface area contributed by atoms with Crippen LogP contribution in [0.15, 0.2) is 12.4 Å². The van der Waals surface area contributed by atoms with E-state index in [1.165, 1.54) is 212 Å². The third-order valence-corrected chi connectivity index (χ3v) is 9.35. The van der Waals surface area contributed by atoms with Crippen LogP contribution in [0.25, 0.3) is 0 Å². The van der Waals surface area contributed by atoms with E-state index in [0.717, 1.165) is 0 Å². The van der Waals surface area contributed by atoms with E-state index in [0.29, 0.717) is 0 Å². The minimum absolute atomic E-state index is 1.20. The van der Waals surface area contributed by atoms with Gasteiger partial charge in [-0.15, -0.1) is 0 Å². The van der Waals surface area contributed by atoms with Crippen LogP contribution in [-0.2, 0) is 19.5 Å². The summed E-state index contributed by atoms with van der Waals surface area (Å²) >= 11 is 0. The Hall–Kier alpha value is -0.790. The Labute approximate surface area is 259 Å². The lowest BCUT2D eigenvalue weighted by atomic mass is 10.0. The average Bonchev–Trinajstić information content (AvgIpc) is 3.37. The van der Waals surface area contributed by atoms with E-state index in [-0.39, 0.29) is 0 Å². The van der Waals surface area contributed by atoms with Gasteiger partial charge < -0.3 is 0 Å². The van der Waals surface area contributed by atoms with Crippen molar-refractivity contribution >= 4 is 0 Å². The van der Waals surface area contributed by atoms with E-state index in [9.17, 15) is 0 Å². The fraction of sp³-hybridized carbons (Fsp3) is 0.923. The van der Waals surface area contributed by atoms with Gasteiger partial charge in [-0.05, 0) is 25.7 Å². The maximum Gasteiger partial charge on any atom is 0.256 e. The molecule has 0 bridgehead atoms. The molecule has 1 aromatic rings. The van der Waals surface area contributed by atoms with Gasteiger partial charge in [-0.2, -0.15) is 0 Å². The predicted molar refractivity (Wildman–Crippen MR) is 184 cm³/mol. The molecule has 0 atom stereocenters. The summed E-state index contributed by atoms with van der Waals surface area (Å²) < 4.78 is 5.19. The second-order valence-corrected chi connectivity index (χ2v) is 13.4. The van der Waals surface area contributed by atoms with Gasteiger partial charge in [-0.3, -0.25) is 0 Å². The Morgan fingerprint density at radius 1 is 0.415 bits per heavy atom. The van der Waals surface area contributed by atoms with Crippen LogP contribution in [0.4, 0.5) is 0 Å². The Morgan fingerprint density at radius 3 is 1.15 bits per heavy atom. The maximum atomic E-state index is 2.61. The van der Waals surface area contributed by atoms with E-state index in [1.807, 2.05) is 0 Å². The zero-order valence-electron chi connectivity index (χ0n) is 28.9. The summed E-state index contributed by atoms with van der Waals surface area (Å²) in [5.41, 5.74) is 0. The van der Waals surface area contributed by atoms with E-state index in [2.05, 4.69) is 42.3 Å². The van der Waals surface area contributed by atoms with Crippen molar-refractivity contribution in [3.8, 4) is 0 Å². The normalized spacial score (nSPS) is 11.6. The first kappa shape index (κ1) is 38.2. The molecule has 0 N–H and O–H groups in total. The molecule has 0 fully saturated rings. The van der Waals surface area contributed by atoms with Crippen molar-refractivity contribution in [3.05, 3.63) is 18.2 Å². The number of aryl methyl sites for hydroxylation is 2. The monoisotopic (exact) mass is 574 g/mol. The smallest absolute Gasteiger partial charge is 0.234 e. The second-order valence-electron chi connectivity index (χ2n) is 13.4. The third kappa shape index (κ3) is 23.4. The molecule has 0 radical (unpaired) electrons. The zero-order chi connectivity index (χ0) is 29.5. The van der Waals surface area contributed by atoms with Gasteiger partial charge in [-0.25, -0.2) is 9.13 Å². The second kappa shape index (κ2) is 30.7. The number of hydrogen-bond acceptors (Lipinski definition) is 0. The first-order valence-electron chi connectivity index (χ1n) is 19.4. The zero-order valence-corrected chi connectivity index (χ0v) is 28.9. The standard InChI is InChI=1S/C39H77N2/c1-4-7-10-12-14-16-18-19-20-21-22-23-25-27-29-31-33-36-41-38-37-40(35-9-6-3)39(41)34-32-30-28-26-24-17-15-13-11-8-5-2/h37-38H,4-36H2,1-3H3/q+1. The summed E-state index contributed by atoms with van der Waals surface area (Å²) in [5.74, 6) is 1.60. The highest BCUT2D eigenvalue weighted by Crippen LogP contribution is 2.16. The van der Waals surface area contributed by atoms with Gasteiger partial charge in [0, 0.05) is 6.42 Å². The minimum atomic E-state index is 1.20. The molecule has 2 nitrogen and oxygen atoms in total. The van der Waals surface area contributed by atoms with E-state index in [1.54, 1.807) is 5.82 Å². The molecule has 0 aromatic carbocycles. The number of nitrogens with zero attached hydrogens (tertiary/aromatic N) is 2. The number of rotatable bonds is 33. The third-order valence-electron chi connectivity index (χ3n) is 9.35. The number of hydrogen-bond donors (Lipinski definition) is 0. The van der Waals surface area contributed by atoms with Crippen molar-refractivity contribution in [3.63, 3.8) is 0 Å². The van der Waals surface area contributed by atoms with E-state index >= 15 is 0 Å². The van der Waals surface area contributed by atoms with Gasteiger partial charge in [-0.1, -0.05) is 188 Å². The number of imidazole rings is 1. The summed E-state index contributed by atoms with van der Waals surface area (Å²) in [5, 5.41) is 0. The van der Waals surface area contributed by atoms with Crippen molar-refractivity contribution in [1.82, 2.24) is 4.57 Å². The SMILES string of the molecule is CCCCCCCCCCCCCCCCCCCn1cc[n+](CCCC)c1CCCCCCCCCCCCC. The van der Waals surface area contributed by atoms with Crippen molar-refractivity contribution in [1.29, 1.82) is 0 Å². The quantitative estimate of drug-likeness (QED) is 0.0584. The lowest BCUT2D eigenvalue weighted by Crippen LogP contribution is -2.37. The lowest BCUT2D eigenvalue weighted by Gasteiger charge is -2.07. The molecular weight excluding hydrogens is 496 g/mol. The molecule has 1 aromatic heterocycles. The molecule has 0 spiro atoms. The number of unbranched alkanes of at least 4 members (excludes halogenated alkanes) is 27. The fourth-order valence-electron chi connectivity index (χ4n) is 6.48. The van der Waals surface area contributed by atoms with E-state index in [4.69, 9.17) is 0 Å². The summed E-state index contributed by atoms with van der Waals surface area (Å²) in [7, 11) is 0. The van der Waals surface area contributed by atoms with Crippen molar-refractivity contribution in [2.75, 3.05) is 0 Å². The molecular formula is C39H77N2+. The number of aromatic nitrogens is 2. The van der Waals surface area contributed by atoms with Crippen LogP contribution >= 0.6 is 0 Å². The summed E-state index contributed by atoms with van der Waals surface area (Å²) in [6.45, 7) is 9.37. The van der Waals surface area contributed by atoms with Crippen LogP contribution in [0.1, 0.15) is 219 Å². The highest BCUT2D eigenvalue weighted by atomic mass is 15.1. The Bertz CT molecular complexity index is 634. The molecule has 242 valence electrons. The first-order valence-corrected chi connectivity index (χ1v) is 19.4. The highest BCUT2D eigenvalue weighted by Gasteiger charge is 2.16. The Balaban J connectivity index is 2.06. The minimum Gasteiger partial charge on any atom is -0.234 e. The Kier molecular flexibility index (Phi) is 28.6. The van der Waals surface area contributed by atoms with E-state index < -0.39 is 0 Å². The first-order chi connectivity index (χ1) is 20.3. The largest absolute Gasteiger partial charge is 0.256 e. The predicted octanol–water partition coefficient (Wildman–Crippen LogP) is 13.1. The molecule has 0 aliphatic heterocycles. The molecule has 0 unspecified atom stereocenters. The molecule has 1 rings (SSSR count). The van der Waals surface area contributed by atoms with Crippen LogP contribution in [0, 0.1) is 0 Å². The van der Waals surface area contributed by atoms with Gasteiger partial charge >= 0.3 is 0 Å². The molecule has 2 heteroatoms. The topological polar surface area (TPSA) is 8.81 Å². The lowest BCUT2D eigenvalue weighted by molar-refractivity contribution is -0.704. The van der Waals surface area contributed by atoms with Gasteiger partial charge in [0.15, 0.2) is 0 Å². The van der Waals surface area contributed by atoms with Crippen molar-refractivity contribution in [2.24, 2.45) is 0 Å². The summed E-state index contributed by atoms with van der Waals surface area (Å²) in [6, 6.07) is 0.